The van der Waals surface area contributed by atoms with Crippen LogP contribution in [0.2, 0.25) is 0 Å². The number of aryl methyl sites for hydroxylation is 4. The first-order valence-electron chi connectivity index (χ1n) is 13.4. The van der Waals surface area contributed by atoms with E-state index in [1.807, 2.05) is 12.3 Å². The monoisotopic (exact) mass is 550 g/mol. The highest BCUT2D eigenvalue weighted by Gasteiger charge is 2.11. The zero-order valence-corrected chi connectivity index (χ0v) is 23.6. The highest BCUT2D eigenvalue weighted by Crippen LogP contribution is 2.29. The fourth-order valence-corrected chi connectivity index (χ4v) is 4.86. The predicted molar refractivity (Wildman–Crippen MR) is 156 cm³/mol. The highest BCUT2D eigenvalue weighted by molar-refractivity contribution is 7.38. The molecule has 3 N–H and O–H groups in total. The number of nitrogens with two attached hydrogens (primary N) is 1. The average molecular weight is 551 g/mol. The topological polar surface area (TPSA) is 117 Å². The number of nitrogens with zero attached hydrogens (tertiary/aromatic N) is 2. The Morgan fingerprint density at radius 2 is 1.69 bits per heavy atom. The zero-order valence-electron chi connectivity index (χ0n) is 22.7. The van der Waals surface area contributed by atoms with Gasteiger partial charge in [-0.1, -0.05) is 31.5 Å². The lowest BCUT2D eigenvalue weighted by molar-refractivity contribution is 0.0408. The molecular formula is C30H37N3O5P+. The maximum atomic E-state index is 10.6. The normalized spacial score (nSPS) is 11.8. The number of rotatable bonds is 15. The van der Waals surface area contributed by atoms with Crippen molar-refractivity contribution in [2.75, 3.05) is 44.9 Å². The summed E-state index contributed by atoms with van der Waals surface area (Å²) in [6.45, 7) is 6.24. The van der Waals surface area contributed by atoms with Gasteiger partial charge in [-0.05, 0) is 77.3 Å². The third kappa shape index (κ3) is 8.16. The summed E-state index contributed by atoms with van der Waals surface area (Å²) >= 11 is 0. The van der Waals surface area contributed by atoms with Gasteiger partial charge in [0.05, 0.1) is 31.9 Å². The van der Waals surface area contributed by atoms with E-state index in [0.717, 1.165) is 58.8 Å². The van der Waals surface area contributed by atoms with Crippen LogP contribution in [0.4, 0.5) is 5.82 Å². The molecule has 0 saturated heterocycles. The Labute approximate surface area is 230 Å². The Bertz CT molecular complexity index is 1430. The summed E-state index contributed by atoms with van der Waals surface area (Å²) in [6.07, 6.45) is 5.94. The van der Waals surface area contributed by atoms with Crippen LogP contribution in [0.1, 0.15) is 35.6 Å². The van der Waals surface area contributed by atoms with Gasteiger partial charge in [-0.2, -0.15) is 4.89 Å². The van der Waals surface area contributed by atoms with Crippen LogP contribution < -0.4 is 10.5 Å². The molecule has 0 aliphatic heterocycles. The second kappa shape index (κ2) is 14.3. The Hall–Kier alpha value is -3.16. The van der Waals surface area contributed by atoms with Gasteiger partial charge in [0.2, 0.25) is 6.16 Å². The molecule has 0 aliphatic carbocycles. The van der Waals surface area contributed by atoms with Crippen molar-refractivity contribution in [3.63, 3.8) is 0 Å². The molecule has 1 atom stereocenters. The van der Waals surface area contributed by atoms with Crippen molar-refractivity contribution in [2.24, 2.45) is 0 Å². The number of anilines is 1. The fourth-order valence-electron chi connectivity index (χ4n) is 4.58. The van der Waals surface area contributed by atoms with E-state index in [1.165, 1.54) is 16.7 Å². The summed E-state index contributed by atoms with van der Waals surface area (Å²) in [5.74, 6) is 1.28. The first-order valence-corrected chi connectivity index (χ1v) is 14.8. The average Bonchev–Trinajstić information content (AvgIpc) is 2.91. The second-order valence-corrected chi connectivity index (χ2v) is 10.7. The molecule has 2 heterocycles. The number of fused-ring (bicyclic) bond motifs is 3. The quantitative estimate of drug-likeness (QED) is 0.112. The van der Waals surface area contributed by atoms with E-state index in [4.69, 9.17) is 24.8 Å². The van der Waals surface area contributed by atoms with Gasteiger partial charge in [0, 0.05) is 17.0 Å². The third-order valence-electron chi connectivity index (χ3n) is 6.61. The van der Waals surface area contributed by atoms with Crippen molar-refractivity contribution >= 4 is 35.7 Å². The molecule has 0 fully saturated rings. The molecule has 0 spiro atoms. The van der Waals surface area contributed by atoms with Crippen molar-refractivity contribution < 1.29 is 23.7 Å². The van der Waals surface area contributed by atoms with Gasteiger partial charge >= 0.3 is 8.03 Å². The van der Waals surface area contributed by atoms with Crippen LogP contribution in [0.3, 0.4) is 0 Å². The van der Waals surface area contributed by atoms with E-state index in [1.54, 1.807) is 0 Å². The molecule has 0 saturated carbocycles. The Morgan fingerprint density at radius 3 is 2.46 bits per heavy atom. The molecular weight excluding hydrogens is 513 g/mol. The number of hydrogen-bond acceptors (Lipinski definition) is 7. The van der Waals surface area contributed by atoms with E-state index in [2.05, 4.69) is 60.2 Å². The van der Waals surface area contributed by atoms with E-state index in [0.29, 0.717) is 32.2 Å². The lowest BCUT2D eigenvalue weighted by Crippen LogP contribution is -2.11. The van der Waals surface area contributed by atoms with Gasteiger partial charge in [0.25, 0.3) is 0 Å². The molecule has 4 aromatic rings. The number of aromatic nitrogens is 2. The Balaban J connectivity index is 1.31. The summed E-state index contributed by atoms with van der Waals surface area (Å²) in [6, 6.07) is 14.8. The van der Waals surface area contributed by atoms with E-state index < -0.39 is 8.03 Å². The Morgan fingerprint density at radius 1 is 0.897 bits per heavy atom. The first kappa shape index (κ1) is 28.8. The fraction of sp³-hybridized carbons (Fsp3) is 0.400. The van der Waals surface area contributed by atoms with Crippen molar-refractivity contribution in [2.45, 2.75) is 39.5 Å². The van der Waals surface area contributed by atoms with Crippen molar-refractivity contribution in [1.29, 1.82) is 0 Å². The minimum Gasteiger partial charge on any atom is -0.491 e. The first-order chi connectivity index (χ1) is 18.9. The van der Waals surface area contributed by atoms with Crippen LogP contribution in [0.15, 0.2) is 48.7 Å². The summed E-state index contributed by atoms with van der Waals surface area (Å²) in [5.41, 5.74) is 12.8. The van der Waals surface area contributed by atoms with Crippen LogP contribution >= 0.6 is 8.03 Å². The maximum Gasteiger partial charge on any atom is 0.507 e. The van der Waals surface area contributed by atoms with Gasteiger partial charge in [-0.15, -0.1) is 0 Å². The van der Waals surface area contributed by atoms with Gasteiger partial charge in [0.1, 0.15) is 17.9 Å². The standard InChI is InChI=1S/C30H36N3O5P/c1-3-4-22-6-10-26-27-18-23(20-32-29(27)30(31)33-28(26)19-22)5-7-24-8-9-25(17-21(24)2)38-14-13-36-11-12-37-15-16-39(34)35/h6,8-10,17-20H,3-5,7,11-16H2,1-2H3,(H2-,31,33,34,35)/p+1. The lowest BCUT2D eigenvalue weighted by Gasteiger charge is -2.12. The molecule has 2 aromatic carbocycles. The van der Waals surface area contributed by atoms with Gasteiger partial charge < -0.3 is 19.9 Å². The summed E-state index contributed by atoms with van der Waals surface area (Å²) in [5, 5.41) is 2.14. The largest absolute Gasteiger partial charge is 0.507 e. The van der Waals surface area contributed by atoms with Gasteiger partial charge in [0.15, 0.2) is 5.82 Å². The van der Waals surface area contributed by atoms with Crippen LogP contribution in [-0.4, -0.2) is 54.1 Å². The molecule has 9 heteroatoms. The van der Waals surface area contributed by atoms with Crippen molar-refractivity contribution in [3.05, 3.63) is 70.9 Å². The molecule has 1 unspecified atom stereocenters. The predicted octanol–water partition coefficient (Wildman–Crippen LogP) is 5.56. The number of nitrogen functional groups attached to an aromatic ring is 1. The third-order valence-corrected chi connectivity index (χ3v) is 7.18. The van der Waals surface area contributed by atoms with Crippen LogP contribution in [0, 0.1) is 6.92 Å². The zero-order chi connectivity index (χ0) is 27.6. The minimum atomic E-state index is -2.14. The summed E-state index contributed by atoms with van der Waals surface area (Å²) in [7, 11) is -2.14. The van der Waals surface area contributed by atoms with E-state index in [-0.39, 0.29) is 12.8 Å². The number of pyridine rings is 2. The molecule has 206 valence electrons. The van der Waals surface area contributed by atoms with Crippen LogP contribution in [-0.2, 0) is 33.3 Å². The smallest absolute Gasteiger partial charge is 0.491 e. The van der Waals surface area contributed by atoms with Crippen molar-refractivity contribution in [1.82, 2.24) is 9.97 Å². The summed E-state index contributed by atoms with van der Waals surface area (Å²) < 4.78 is 27.1. The highest BCUT2D eigenvalue weighted by atomic mass is 31.1. The number of ether oxygens (including phenoxy) is 3. The minimum absolute atomic E-state index is 0.150. The van der Waals surface area contributed by atoms with Crippen molar-refractivity contribution in [3.8, 4) is 5.75 Å². The molecule has 0 radical (unpaired) electrons. The second-order valence-electron chi connectivity index (χ2n) is 9.58. The van der Waals surface area contributed by atoms with Gasteiger partial charge in [-0.3, -0.25) is 4.98 Å². The molecule has 2 aromatic heterocycles. The van der Waals surface area contributed by atoms with Crippen LogP contribution in [0.5, 0.6) is 5.75 Å². The molecule has 4 rings (SSSR count). The molecule has 0 aliphatic rings. The van der Waals surface area contributed by atoms with E-state index >= 15 is 0 Å². The maximum absolute atomic E-state index is 10.6. The Kier molecular flexibility index (Phi) is 10.6. The van der Waals surface area contributed by atoms with Crippen LogP contribution in [0.25, 0.3) is 21.8 Å². The SMILES string of the molecule is CCCc1ccc2c(c1)nc(N)c1ncc(CCc3ccc(OCCOCCOCC[P+](=O)O)cc3C)cc12. The van der Waals surface area contributed by atoms with Gasteiger partial charge in [-0.25, -0.2) is 4.98 Å². The lowest BCUT2D eigenvalue weighted by atomic mass is 9.99. The number of benzene rings is 2. The molecule has 8 nitrogen and oxygen atoms in total. The molecule has 0 amide bonds. The van der Waals surface area contributed by atoms with E-state index in [9.17, 15) is 4.57 Å². The molecule has 39 heavy (non-hydrogen) atoms. The number of hydrogen-bond donors (Lipinski definition) is 2. The summed E-state index contributed by atoms with van der Waals surface area (Å²) in [4.78, 5) is 18.0. The molecule has 0 bridgehead atoms.